The molecule has 0 aromatic carbocycles. The van der Waals surface area contributed by atoms with Crippen LogP contribution in [0.15, 0.2) is 0 Å². The van der Waals surface area contributed by atoms with E-state index in [1.54, 1.807) is 0 Å². The number of likely N-dealkylation sites (N-methyl/N-ethyl adjacent to an activating group) is 1. The number of hydrogen-bond donors (Lipinski definition) is 1. The molecule has 1 saturated heterocycles. The summed E-state index contributed by atoms with van der Waals surface area (Å²) in [4.78, 5) is 2.95. The Bertz CT molecular complexity index is 323. The minimum Gasteiger partial charge on any atom is -0.315 e. The fraction of sp³-hybridized carbons (Fsp3) is 1.00. The molecule has 0 spiro atoms. The number of piperidine rings is 1. The minimum absolute atomic E-state index is 0.541. The highest BCUT2D eigenvalue weighted by molar-refractivity contribution is 4.99. The van der Waals surface area contributed by atoms with Gasteiger partial charge in [-0.15, -0.1) is 0 Å². The summed E-state index contributed by atoms with van der Waals surface area (Å²) < 4.78 is 0. The normalized spacial score (nSPS) is 42.1. The highest BCUT2D eigenvalue weighted by Gasteiger charge is 2.43. The van der Waals surface area contributed by atoms with Gasteiger partial charge in [0.05, 0.1) is 0 Å². The summed E-state index contributed by atoms with van der Waals surface area (Å²) in [5.74, 6) is 1.01. The van der Waals surface area contributed by atoms with Crippen molar-refractivity contribution in [3.63, 3.8) is 0 Å². The first kappa shape index (κ1) is 14.8. The van der Waals surface area contributed by atoms with Gasteiger partial charge in [0, 0.05) is 18.1 Å². The molecule has 0 aromatic rings. The molecule has 2 heteroatoms. The van der Waals surface area contributed by atoms with E-state index < -0.39 is 0 Å². The molecule has 116 valence electrons. The number of nitrogens with zero attached hydrogens (tertiary/aromatic N) is 1. The van der Waals surface area contributed by atoms with Crippen LogP contribution >= 0.6 is 0 Å². The zero-order chi connectivity index (χ0) is 14.2. The van der Waals surface area contributed by atoms with E-state index >= 15 is 0 Å². The third kappa shape index (κ3) is 2.92. The molecule has 1 aliphatic heterocycles. The standard InChI is InChI=1S/C18H34N2/c1-18(2)11-10-15(19-3)17(13-18)20-12-6-8-14-7-4-5-9-16(14)20/h14-17,19H,4-13H2,1-3H3. The molecule has 3 aliphatic rings. The molecular weight excluding hydrogens is 244 g/mol. The van der Waals surface area contributed by atoms with Gasteiger partial charge in [-0.25, -0.2) is 0 Å². The predicted molar refractivity (Wildman–Crippen MR) is 86.0 cm³/mol. The summed E-state index contributed by atoms with van der Waals surface area (Å²) >= 11 is 0. The molecule has 4 unspecified atom stereocenters. The van der Waals surface area contributed by atoms with Crippen molar-refractivity contribution >= 4 is 0 Å². The zero-order valence-electron chi connectivity index (χ0n) is 13.8. The average molecular weight is 278 g/mol. The van der Waals surface area contributed by atoms with Gasteiger partial charge < -0.3 is 5.32 Å². The van der Waals surface area contributed by atoms with Crippen LogP contribution in [0.2, 0.25) is 0 Å². The quantitative estimate of drug-likeness (QED) is 0.826. The van der Waals surface area contributed by atoms with E-state index in [-0.39, 0.29) is 0 Å². The van der Waals surface area contributed by atoms with Crippen LogP contribution in [0.25, 0.3) is 0 Å². The molecule has 0 bridgehead atoms. The molecule has 0 aromatic heterocycles. The van der Waals surface area contributed by atoms with Gasteiger partial charge in [-0.2, -0.15) is 0 Å². The molecule has 20 heavy (non-hydrogen) atoms. The van der Waals surface area contributed by atoms with Crippen molar-refractivity contribution in [1.82, 2.24) is 10.2 Å². The van der Waals surface area contributed by atoms with Gasteiger partial charge in [-0.3, -0.25) is 4.90 Å². The van der Waals surface area contributed by atoms with E-state index in [1.165, 1.54) is 64.3 Å². The Morgan fingerprint density at radius 2 is 1.70 bits per heavy atom. The van der Waals surface area contributed by atoms with Crippen LogP contribution < -0.4 is 5.32 Å². The summed E-state index contributed by atoms with van der Waals surface area (Å²) in [7, 11) is 2.18. The van der Waals surface area contributed by atoms with E-state index in [1.807, 2.05) is 0 Å². The Hall–Kier alpha value is -0.0800. The van der Waals surface area contributed by atoms with Crippen molar-refractivity contribution in [1.29, 1.82) is 0 Å². The largest absolute Gasteiger partial charge is 0.315 e. The molecule has 1 N–H and O–H groups in total. The molecule has 2 aliphatic carbocycles. The first-order valence-electron chi connectivity index (χ1n) is 9.04. The van der Waals surface area contributed by atoms with Crippen molar-refractivity contribution in [2.75, 3.05) is 13.6 Å². The number of fused-ring (bicyclic) bond motifs is 1. The lowest BCUT2D eigenvalue weighted by Gasteiger charge is -2.53. The molecule has 0 amide bonds. The maximum atomic E-state index is 3.64. The third-order valence-electron chi connectivity index (χ3n) is 6.44. The summed E-state index contributed by atoms with van der Waals surface area (Å²) in [6.45, 7) is 6.32. The summed E-state index contributed by atoms with van der Waals surface area (Å²) in [5.41, 5.74) is 0.541. The maximum Gasteiger partial charge on any atom is 0.0257 e. The molecule has 3 rings (SSSR count). The van der Waals surface area contributed by atoms with Crippen LogP contribution in [0, 0.1) is 11.3 Å². The molecule has 3 fully saturated rings. The summed E-state index contributed by atoms with van der Waals surface area (Å²) in [6, 6.07) is 2.42. The van der Waals surface area contributed by atoms with Gasteiger partial charge in [-0.05, 0) is 69.9 Å². The number of hydrogen-bond acceptors (Lipinski definition) is 2. The number of likely N-dealkylation sites (tertiary alicyclic amines) is 1. The topological polar surface area (TPSA) is 15.3 Å². The first-order valence-corrected chi connectivity index (χ1v) is 9.04. The lowest BCUT2D eigenvalue weighted by atomic mass is 9.70. The molecule has 4 atom stereocenters. The van der Waals surface area contributed by atoms with Crippen LogP contribution in [0.4, 0.5) is 0 Å². The first-order chi connectivity index (χ1) is 9.61. The lowest BCUT2D eigenvalue weighted by molar-refractivity contribution is -0.0196. The van der Waals surface area contributed by atoms with E-state index in [0.717, 1.165) is 24.0 Å². The van der Waals surface area contributed by atoms with E-state index in [2.05, 4.69) is 31.1 Å². The van der Waals surface area contributed by atoms with Crippen molar-refractivity contribution in [2.45, 2.75) is 89.8 Å². The summed E-state index contributed by atoms with van der Waals surface area (Å²) in [6.07, 6.45) is 13.0. The van der Waals surface area contributed by atoms with Gasteiger partial charge >= 0.3 is 0 Å². The highest BCUT2D eigenvalue weighted by Crippen LogP contribution is 2.42. The van der Waals surface area contributed by atoms with Crippen LogP contribution in [0.5, 0.6) is 0 Å². The fourth-order valence-electron chi connectivity index (χ4n) is 5.31. The van der Waals surface area contributed by atoms with Crippen molar-refractivity contribution in [2.24, 2.45) is 11.3 Å². The Morgan fingerprint density at radius 1 is 0.950 bits per heavy atom. The van der Waals surface area contributed by atoms with Crippen LogP contribution in [-0.4, -0.2) is 36.6 Å². The van der Waals surface area contributed by atoms with E-state index in [9.17, 15) is 0 Å². The summed E-state index contributed by atoms with van der Waals surface area (Å²) in [5, 5.41) is 3.64. The van der Waals surface area contributed by atoms with Gasteiger partial charge in [-0.1, -0.05) is 26.7 Å². The monoisotopic (exact) mass is 278 g/mol. The SMILES string of the molecule is CNC1CCC(C)(C)CC1N1CCCC2CCCCC21. The van der Waals surface area contributed by atoms with Gasteiger partial charge in [0.15, 0.2) is 0 Å². The minimum atomic E-state index is 0.541. The fourth-order valence-corrected chi connectivity index (χ4v) is 5.31. The highest BCUT2D eigenvalue weighted by atomic mass is 15.2. The molecular formula is C18H34N2. The Balaban J connectivity index is 1.77. The molecule has 0 radical (unpaired) electrons. The third-order valence-corrected chi connectivity index (χ3v) is 6.44. The van der Waals surface area contributed by atoms with Gasteiger partial charge in [0.2, 0.25) is 0 Å². The zero-order valence-corrected chi connectivity index (χ0v) is 13.8. The second-order valence-electron chi connectivity index (χ2n) is 8.36. The van der Waals surface area contributed by atoms with Crippen LogP contribution in [0.3, 0.4) is 0 Å². The molecule has 2 nitrogen and oxygen atoms in total. The van der Waals surface area contributed by atoms with Crippen molar-refractivity contribution < 1.29 is 0 Å². The lowest BCUT2D eigenvalue weighted by Crippen LogP contribution is -2.60. The Kier molecular flexibility index (Phi) is 4.42. The van der Waals surface area contributed by atoms with E-state index in [4.69, 9.17) is 0 Å². The second kappa shape index (κ2) is 5.96. The Morgan fingerprint density at radius 3 is 2.50 bits per heavy atom. The number of rotatable bonds is 2. The van der Waals surface area contributed by atoms with Crippen molar-refractivity contribution in [3.8, 4) is 0 Å². The second-order valence-corrected chi connectivity index (χ2v) is 8.36. The van der Waals surface area contributed by atoms with Crippen LogP contribution in [-0.2, 0) is 0 Å². The molecule has 2 saturated carbocycles. The number of nitrogens with one attached hydrogen (secondary N) is 1. The van der Waals surface area contributed by atoms with Gasteiger partial charge in [0.25, 0.3) is 0 Å². The Labute approximate surface area is 125 Å². The van der Waals surface area contributed by atoms with Crippen molar-refractivity contribution in [3.05, 3.63) is 0 Å². The van der Waals surface area contributed by atoms with Crippen LogP contribution in [0.1, 0.15) is 71.6 Å². The van der Waals surface area contributed by atoms with Gasteiger partial charge in [0.1, 0.15) is 0 Å². The average Bonchev–Trinajstić information content (AvgIpc) is 2.46. The predicted octanol–water partition coefficient (Wildman–Crippen LogP) is 3.81. The molecule has 1 heterocycles. The maximum absolute atomic E-state index is 3.64. The van der Waals surface area contributed by atoms with E-state index in [0.29, 0.717) is 5.41 Å². The smallest absolute Gasteiger partial charge is 0.0257 e.